The molecule has 0 saturated heterocycles. The molecule has 0 aliphatic carbocycles. The topological polar surface area (TPSA) is 76.4 Å². The number of hydrogen-bond donors (Lipinski definition) is 2. The first kappa shape index (κ1) is 16.1. The van der Waals surface area contributed by atoms with Crippen molar-refractivity contribution in [3.63, 3.8) is 0 Å². The van der Waals surface area contributed by atoms with Crippen LogP contribution in [0.2, 0.25) is 0 Å². The van der Waals surface area contributed by atoms with Crippen molar-refractivity contribution in [3.05, 3.63) is 59.7 Å². The number of carbonyl (C=O) groups excluding carboxylic acids is 1. The molecule has 0 heterocycles. The van der Waals surface area contributed by atoms with E-state index in [0.29, 0.717) is 5.69 Å². The summed E-state index contributed by atoms with van der Waals surface area (Å²) in [4.78, 5) is 14.1. The maximum absolute atomic E-state index is 12.1. The molecular formula is C18H17N3O2. The second-order valence-corrected chi connectivity index (χ2v) is 5.16. The van der Waals surface area contributed by atoms with Gasteiger partial charge in [-0.2, -0.15) is 5.26 Å². The normalized spacial score (nSPS) is 10.7. The number of phenolic OH excluding ortho intramolecular Hbond substituents is 1. The van der Waals surface area contributed by atoms with Gasteiger partial charge in [-0.1, -0.05) is 12.1 Å². The minimum atomic E-state index is -0.491. The highest BCUT2D eigenvalue weighted by Gasteiger charge is 2.09. The van der Waals surface area contributed by atoms with Gasteiger partial charge in [-0.15, -0.1) is 0 Å². The number of nitrogens with one attached hydrogen (secondary N) is 1. The molecule has 0 spiro atoms. The lowest BCUT2D eigenvalue weighted by molar-refractivity contribution is -0.112. The van der Waals surface area contributed by atoms with Crippen molar-refractivity contribution in [3.8, 4) is 11.8 Å². The molecule has 0 atom stereocenters. The lowest BCUT2D eigenvalue weighted by Crippen LogP contribution is -2.13. The van der Waals surface area contributed by atoms with Crippen molar-refractivity contribution in [2.45, 2.75) is 0 Å². The molecule has 23 heavy (non-hydrogen) atoms. The fourth-order valence-electron chi connectivity index (χ4n) is 1.93. The molecule has 2 rings (SSSR count). The SMILES string of the molecule is CN(C)c1ccc(/C=C(/C#N)C(=O)Nc2ccc(O)cc2)cc1. The molecule has 0 bridgehead atoms. The maximum Gasteiger partial charge on any atom is 0.266 e. The summed E-state index contributed by atoms with van der Waals surface area (Å²) in [6.07, 6.45) is 1.54. The van der Waals surface area contributed by atoms with Gasteiger partial charge in [0, 0.05) is 25.5 Å². The summed E-state index contributed by atoms with van der Waals surface area (Å²) in [5, 5.41) is 21.0. The number of anilines is 2. The highest BCUT2D eigenvalue weighted by molar-refractivity contribution is 6.09. The molecule has 0 saturated carbocycles. The monoisotopic (exact) mass is 307 g/mol. The van der Waals surface area contributed by atoms with Gasteiger partial charge in [0.1, 0.15) is 17.4 Å². The van der Waals surface area contributed by atoms with Gasteiger partial charge in [-0.25, -0.2) is 0 Å². The second-order valence-electron chi connectivity index (χ2n) is 5.16. The van der Waals surface area contributed by atoms with Gasteiger partial charge in [0.25, 0.3) is 5.91 Å². The van der Waals surface area contributed by atoms with Crippen molar-refractivity contribution in [2.24, 2.45) is 0 Å². The Morgan fingerprint density at radius 2 is 1.74 bits per heavy atom. The Hall–Kier alpha value is -3.26. The van der Waals surface area contributed by atoms with Gasteiger partial charge in [0.15, 0.2) is 0 Å². The Kier molecular flexibility index (Phi) is 5.00. The van der Waals surface area contributed by atoms with Crippen molar-refractivity contribution in [1.29, 1.82) is 5.26 Å². The highest BCUT2D eigenvalue weighted by atomic mass is 16.3. The van der Waals surface area contributed by atoms with E-state index < -0.39 is 5.91 Å². The van der Waals surface area contributed by atoms with Crippen LogP contribution < -0.4 is 10.2 Å². The summed E-state index contributed by atoms with van der Waals surface area (Å²) in [6.45, 7) is 0. The Morgan fingerprint density at radius 1 is 1.13 bits per heavy atom. The fraction of sp³-hybridized carbons (Fsp3) is 0.111. The number of benzene rings is 2. The number of phenols is 1. The first-order valence-electron chi connectivity index (χ1n) is 6.99. The summed E-state index contributed by atoms with van der Waals surface area (Å²) in [5.41, 5.74) is 2.33. The van der Waals surface area contributed by atoms with E-state index in [1.54, 1.807) is 12.1 Å². The maximum atomic E-state index is 12.1. The van der Waals surface area contributed by atoms with E-state index in [1.807, 2.05) is 49.3 Å². The molecule has 0 unspecified atom stereocenters. The van der Waals surface area contributed by atoms with Gasteiger partial charge in [-0.3, -0.25) is 4.79 Å². The minimum Gasteiger partial charge on any atom is -0.508 e. The van der Waals surface area contributed by atoms with Gasteiger partial charge in [0.2, 0.25) is 0 Å². The number of rotatable bonds is 4. The van der Waals surface area contributed by atoms with Crippen molar-refractivity contribution < 1.29 is 9.90 Å². The third-order valence-corrected chi connectivity index (χ3v) is 3.21. The molecule has 2 aromatic rings. The van der Waals surface area contributed by atoms with Crippen LogP contribution in [0.25, 0.3) is 6.08 Å². The molecule has 0 aromatic heterocycles. The third kappa shape index (κ3) is 4.35. The molecule has 5 nitrogen and oxygen atoms in total. The quantitative estimate of drug-likeness (QED) is 0.517. The first-order valence-corrected chi connectivity index (χ1v) is 6.99. The first-order chi connectivity index (χ1) is 11.0. The van der Waals surface area contributed by atoms with Crippen LogP contribution in [0.1, 0.15) is 5.56 Å². The van der Waals surface area contributed by atoms with Gasteiger partial charge in [0.05, 0.1) is 0 Å². The van der Waals surface area contributed by atoms with Crippen LogP contribution in [-0.2, 0) is 4.79 Å². The van der Waals surface area contributed by atoms with E-state index in [4.69, 9.17) is 0 Å². The van der Waals surface area contributed by atoms with Crippen LogP contribution in [0.4, 0.5) is 11.4 Å². The predicted molar refractivity (Wildman–Crippen MR) is 91.1 cm³/mol. The summed E-state index contributed by atoms with van der Waals surface area (Å²) in [6, 6.07) is 15.5. The molecule has 1 amide bonds. The number of nitrogens with zero attached hydrogens (tertiary/aromatic N) is 2. The molecule has 2 N–H and O–H groups in total. The molecular weight excluding hydrogens is 290 g/mol. The van der Waals surface area contributed by atoms with E-state index in [1.165, 1.54) is 18.2 Å². The third-order valence-electron chi connectivity index (χ3n) is 3.21. The Bertz CT molecular complexity index is 754. The number of nitriles is 1. The Labute approximate surface area is 135 Å². The molecule has 116 valence electrons. The van der Waals surface area contributed by atoms with Gasteiger partial charge < -0.3 is 15.3 Å². The van der Waals surface area contributed by atoms with Crippen LogP contribution in [0, 0.1) is 11.3 Å². The Balaban J connectivity index is 2.16. The smallest absolute Gasteiger partial charge is 0.266 e. The number of hydrogen-bond acceptors (Lipinski definition) is 4. The van der Waals surface area contributed by atoms with E-state index in [0.717, 1.165) is 11.3 Å². The Morgan fingerprint density at radius 3 is 2.26 bits per heavy atom. The molecule has 0 aliphatic rings. The molecule has 0 radical (unpaired) electrons. The minimum absolute atomic E-state index is 0.00989. The lowest BCUT2D eigenvalue weighted by atomic mass is 10.1. The summed E-state index contributed by atoms with van der Waals surface area (Å²) in [5.74, 6) is -0.380. The van der Waals surface area contributed by atoms with E-state index in [9.17, 15) is 15.2 Å². The summed E-state index contributed by atoms with van der Waals surface area (Å²) < 4.78 is 0. The lowest BCUT2D eigenvalue weighted by Gasteiger charge is -2.11. The standard InChI is InChI=1S/C18H17N3O2/c1-21(2)16-7-3-13(4-8-16)11-14(12-19)18(23)20-15-5-9-17(22)10-6-15/h3-11,22H,1-2H3,(H,20,23)/b14-11-. The average Bonchev–Trinajstić information content (AvgIpc) is 2.55. The van der Waals surface area contributed by atoms with Crippen molar-refractivity contribution >= 4 is 23.4 Å². The number of amides is 1. The number of aromatic hydroxyl groups is 1. The van der Waals surface area contributed by atoms with Crippen LogP contribution in [0.15, 0.2) is 54.1 Å². The van der Waals surface area contributed by atoms with Crippen LogP contribution in [0.5, 0.6) is 5.75 Å². The van der Waals surface area contributed by atoms with Gasteiger partial charge in [-0.05, 0) is 48.0 Å². The molecule has 5 heteroatoms. The largest absolute Gasteiger partial charge is 0.508 e. The van der Waals surface area contributed by atoms with Crippen molar-refractivity contribution in [2.75, 3.05) is 24.3 Å². The second kappa shape index (κ2) is 7.14. The zero-order valence-electron chi connectivity index (χ0n) is 12.9. The van der Waals surface area contributed by atoms with Gasteiger partial charge >= 0.3 is 0 Å². The van der Waals surface area contributed by atoms with Crippen LogP contribution in [0.3, 0.4) is 0 Å². The summed E-state index contributed by atoms with van der Waals surface area (Å²) >= 11 is 0. The van der Waals surface area contributed by atoms with Crippen LogP contribution in [-0.4, -0.2) is 25.1 Å². The van der Waals surface area contributed by atoms with E-state index in [-0.39, 0.29) is 11.3 Å². The van der Waals surface area contributed by atoms with Crippen molar-refractivity contribution in [1.82, 2.24) is 0 Å². The van der Waals surface area contributed by atoms with Crippen LogP contribution >= 0.6 is 0 Å². The molecule has 0 fully saturated rings. The number of carbonyl (C=O) groups is 1. The van der Waals surface area contributed by atoms with E-state index >= 15 is 0 Å². The fourth-order valence-corrected chi connectivity index (χ4v) is 1.93. The zero-order chi connectivity index (χ0) is 16.8. The summed E-state index contributed by atoms with van der Waals surface area (Å²) in [7, 11) is 3.88. The zero-order valence-corrected chi connectivity index (χ0v) is 12.9. The van der Waals surface area contributed by atoms with E-state index in [2.05, 4.69) is 5.32 Å². The molecule has 0 aliphatic heterocycles. The highest BCUT2D eigenvalue weighted by Crippen LogP contribution is 2.17. The molecule has 2 aromatic carbocycles. The average molecular weight is 307 g/mol. The predicted octanol–water partition coefficient (Wildman–Crippen LogP) is 3.00.